The minimum atomic E-state index is -1.17. The number of ether oxygens (including phenoxy) is 1. The third-order valence-corrected chi connectivity index (χ3v) is 4.52. The Hall–Kier alpha value is -2.41. The van der Waals surface area contributed by atoms with Crippen LogP contribution in [0.2, 0.25) is 0 Å². The quantitative estimate of drug-likeness (QED) is 0.816. The molecule has 1 unspecified atom stereocenters. The van der Waals surface area contributed by atoms with Crippen molar-refractivity contribution in [1.82, 2.24) is 15.2 Å². The number of imide groups is 1. The first-order valence-electron chi connectivity index (χ1n) is 7.34. The van der Waals surface area contributed by atoms with Gasteiger partial charge in [-0.2, -0.15) is 0 Å². The van der Waals surface area contributed by atoms with Crippen LogP contribution in [0.4, 0.5) is 4.79 Å². The first-order valence-corrected chi connectivity index (χ1v) is 8.13. The van der Waals surface area contributed by atoms with E-state index in [2.05, 4.69) is 26.2 Å². The van der Waals surface area contributed by atoms with Gasteiger partial charge in [-0.05, 0) is 37.3 Å². The monoisotopic (exact) mass is 389 g/mol. The van der Waals surface area contributed by atoms with E-state index >= 15 is 0 Å². The molecule has 1 fully saturated rings. The predicted molar refractivity (Wildman–Crippen MR) is 91.4 cm³/mol. The molecule has 7 heteroatoms. The van der Waals surface area contributed by atoms with Crippen LogP contribution in [-0.4, -0.2) is 28.9 Å². The topological polar surface area (TPSA) is 71.5 Å². The Labute approximate surface area is 148 Å². The number of amides is 3. The van der Waals surface area contributed by atoms with Gasteiger partial charge in [-0.1, -0.05) is 22.0 Å². The van der Waals surface area contributed by atoms with Gasteiger partial charge in [0.05, 0.1) is 19.3 Å². The zero-order chi connectivity index (χ0) is 17.3. The Balaban J connectivity index is 1.92. The van der Waals surface area contributed by atoms with Gasteiger partial charge in [0.2, 0.25) is 0 Å². The SMILES string of the molecule is COc1ccc(Br)cc1CN1C(=O)NC(C)(c2ccccn2)C1=O. The smallest absolute Gasteiger partial charge is 0.325 e. The number of halogens is 1. The lowest BCUT2D eigenvalue weighted by Gasteiger charge is -2.21. The van der Waals surface area contributed by atoms with Crippen LogP contribution in [-0.2, 0) is 16.9 Å². The maximum Gasteiger partial charge on any atom is 0.325 e. The fourth-order valence-corrected chi connectivity index (χ4v) is 3.12. The van der Waals surface area contributed by atoms with E-state index < -0.39 is 11.6 Å². The Morgan fingerprint density at radius 3 is 2.75 bits per heavy atom. The van der Waals surface area contributed by atoms with Crippen molar-refractivity contribution in [2.24, 2.45) is 0 Å². The molecule has 0 saturated carbocycles. The molecule has 1 aromatic carbocycles. The van der Waals surface area contributed by atoms with E-state index in [1.807, 2.05) is 12.1 Å². The van der Waals surface area contributed by atoms with Crippen LogP contribution in [0.5, 0.6) is 5.75 Å². The fourth-order valence-electron chi connectivity index (χ4n) is 2.71. The molecule has 0 spiro atoms. The van der Waals surface area contributed by atoms with Crippen molar-refractivity contribution in [3.05, 3.63) is 58.3 Å². The Kier molecular flexibility index (Phi) is 4.28. The number of methoxy groups -OCH3 is 1. The summed E-state index contributed by atoms with van der Waals surface area (Å²) in [5.74, 6) is 0.276. The summed E-state index contributed by atoms with van der Waals surface area (Å²) in [6.07, 6.45) is 1.60. The summed E-state index contributed by atoms with van der Waals surface area (Å²) in [7, 11) is 1.55. The average molecular weight is 390 g/mol. The van der Waals surface area contributed by atoms with Gasteiger partial charge < -0.3 is 10.1 Å². The zero-order valence-electron chi connectivity index (χ0n) is 13.2. The summed E-state index contributed by atoms with van der Waals surface area (Å²) >= 11 is 3.39. The van der Waals surface area contributed by atoms with Gasteiger partial charge in [-0.3, -0.25) is 14.7 Å². The van der Waals surface area contributed by atoms with E-state index in [0.717, 1.165) is 10.0 Å². The van der Waals surface area contributed by atoms with Gasteiger partial charge in [0.25, 0.3) is 5.91 Å². The van der Waals surface area contributed by atoms with Gasteiger partial charge in [0.15, 0.2) is 5.54 Å². The van der Waals surface area contributed by atoms with Gasteiger partial charge in [0, 0.05) is 16.2 Å². The van der Waals surface area contributed by atoms with E-state index in [-0.39, 0.29) is 12.5 Å². The second-order valence-corrected chi connectivity index (χ2v) is 6.53. The number of rotatable bonds is 4. The van der Waals surface area contributed by atoms with Crippen LogP contribution in [0.15, 0.2) is 47.1 Å². The number of urea groups is 1. The summed E-state index contributed by atoms with van der Waals surface area (Å²) in [6, 6.07) is 10.3. The van der Waals surface area contributed by atoms with Gasteiger partial charge in [-0.25, -0.2) is 4.79 Å². The average Bonchev–Trinajstić information content (AvgIpc) is 2.80. The number of nitrogens with zero attached hydrogens (tertiary/aromatic N) is 2. The summed E-state index contributed by atoms with van der Waals surface area (Å²) < 4.78 is 6.16. The van der Waals surface area contributed by atoms with E-state index in [4.69, 9.17) is 4.74 Å². The molecule has 2 aromatic rings. The highest BCUT2D eigenvalue weighted by Crippen LogP contribution is 2.31. The number of benzene rings is 1. The molecular weight excluding hydrogens is 374 g/mol. The van der Waals surface area contributed by atoms with Crippen molar-refractivity contribution in [2.75, 3.05) is 7.11 Å². The molecule has 6 nitrogen and oxygen atoms in total. The van der Waals surface area contributed by atoms with Gasteiger partial charge in [0.1, 0.15) is 5.75 Å². The molecule has 124 valence electrons. The third-order valence-electron chi connectivity index (χ3n) is 4.02. The highest BCUT2D eigenvalue weighted by atomic mass is 79.9. The van der Waals surface area contributed by atoms with Crippen LogP contribution < -0.4 is 10.1 Å². The van der Waals surface area contributed by atoms with Gasteiger partial charge >= 0.3 is 6.03 Å². The van der Waals surface area contributed by atoms with Crippen molar-refractivity contribution in [1.29, 1.82) is 0 Å². The molecule has 2 heterocycles. The number of carbonyl (C=O) groups is 2. The molecular formula is C17H16BrN3O3. The largest absolute Gasteiger partial charge is 0.496 e. The number of pyridine rings is 1. The predicted octanol–water partition coefficient (Wildman–Crippen LogP) is 2.82. The van der Waals surface area contributed by atoms with E-state index in [1.54, 1.807) is 44.5 Å². The second-order valence-electron chi connectivity index (χ2n) is 5.62. The molecule has 1 atom stereocenters. The maximum atomic E-state index is 12.9. The van der Waals surface area contributed by atoms with Crippen LogP contribution in [0, 0.1) is 0 Å². The summed E-state index contributed by atoms with van der Waals surface area (Å²) in [4.78, 5) is 30.6. The molecule has 1 aliphatic heterocycles. The van der Waals surface area contributed by atoms with Crippen molar-refractivity contribution in [3.8, 4) is 5.75 Å². The summed E-state index contributed by atoms with van der Waals surface area (Å²) in [6.45, 7) is 1.78. The number of carbonyl (C=O) groups excluding carboxylic acids is 2. The number of aromatic nitrogens is 1. The first-order chi connectivity index (χ1) is 11.5. The standard InChI is InChI=1S/C17H16BrN3O3/c1-17(14-5-3-4-8-19-14)15(22)21(16(23)20-17)10-11-9-12(18)6-7-13(11)24-2/h3-9H,10H2,1-2H3,(H,20,23). The van der Waals surface area contributed by atoms with Crippen LogP contribution in [0.3, 0.4) is 0 Å². The van der Waals surface area contributed by atoms with Gasteiger partial charge in [-0.15, -0.1) is 0 Å². The van der Waals surface area contributed by atoms with Crippen LogP contribution in [0.1, 0.15) is 18.2 Å². The molecule has 3 rings (SSSR count). The lowest BCUT2D eigenvalue weighted by molar-refractivity contribution is -0.131. The van der Waals surface area contributed by atoms with Crippen LogP contribution >= 0.6 is 15.9 Å². The molecule has 24 heavy (non-hydrogen) atoms. The van der Waals surface area contributed by atoms with Crippen molar-refractivity contribution in [3.63, 3.8) is 0 Å². The summed E-state index contributed by atoms with van der Waals surface area (Å²) in [5.41, 5.74) is 0.0742. The zero-order valence-corrected chi connectivity index (χ0v) is 14.8. The summed E-state index contributed by atoms with van der Waals surface area (Å²) in [5, 5.41) is 2.74. The fraction of sp³-hybridized carbons (Fsp3) is 0.235. The Bertz CT molecular complexity index is 797. The highest BCUT2D eigenvalue weighted by Gasteiger charge is 2.50. The molecule has 1 saturated heterocycles. The maximum absolute atomic E-state index is 12.9. The second kappa shape index (κ2) is 6.24. The minimum absolute atomic E-state index is 0.121. The van der Waals surface area contributed by atoms with E-state index in [1.165, 1.54) is 4.90 Å². The Morgan fingerprint density at radius 1 is 1.29 bits per heavy atom. The third kappa shape index (κ3) is 2.75. The Morgan fingerprint density at radius 2 is 2.08 bits per heavy atom. The number of hydrogen-bond acceptors (Lipinski definition) is 4. The molecule has 1 N–H and O–H groups in total. The lowest BCUT2D eigenvalue weighted by atomic mass is 9.97. The van der Waals surface area contributed by atoms with Crippen molar-refractivity contribution < 1.29 is 14.3 Å². The highest BCUT2D eigenvalue weighted by molar-refractivity contribution is 9.10. The molecule has 3 amide bonds. The minimum Gasteiger partial charge on any atom is -0.496 e. The van der Waals surface area contributed by atoms with Crippen LogP contribution in [0.25, 0.3) is 0 Å². The lowest BCUT2D eigenvalue weighted by Crippen LogP contribution is -2.41. The first kappa shape index (κ1) is 16.4. The molecule has 1 aliphatic rings. The normalized spacial score (nSPS) is 20.2. The molecule has 0 radical (unpaired) electrons. The van der Waals surface area contributed by atoms with Crippen molar-refractivity contribution in [2.45, 2.75) is 19.0 Å². The van der Waals surface area contributed by atoms with E-state index in [9.17, 15) is 9.59 Å². The van der Waals surface area contributed by atoms with E-state index in [0.29, 0.717) is 11.4 Å². The molecule has 0 aliphatic carbocycles. The number of nitrogens with one attached hydrogen (secondary N) is 1. The van der Waals surface area contributed by atoms with Crippen molar-refractivity contribution >= 4 is 27.9 Å². The number of hydrogen-bond donors (Lipinski definition) is 1. The molecule has 0 bridgehead atoms. The molecule has 1 aromatic heterocycles.